The lowest BCUT2D eigenvalue weighted by atomic mass is 9.93. The van der Waals surface area contributed by atoms with Crippen molar-refractivity contribution in [2.45, 2.75) is 19.3 Å². The van der Waals surface area contributed by atoms with Crippen LogP contribution in [-0.4, -0.2) is 19.5 Å². The van der Waals surface area contributed by atoms with Crippen molar-refractivity contribution in [3.05, 3.63) is 151 Å². The zero-order valence-corrected chi connectivity index (χ0v) is 24.4. The van der Waals surface area contributed by atoms with Crippen LogP contribution in [0, 0.1) is 0 Å². The van der Waals surface area contributed by atoms with Crippen molar-refractivity contribution in [2.75, 3.05) is 0 Å². The van der Waals surface area contributed by atoms with Gasteiger partial charge in [-0.25, -0.2) is 4.98 Å². The zero-order valence-electron chi connectivity index (χ0n) is 24.4. The summed E-state index contributed by atoms with van der Waals surface area (Å²) in [5, 5.41) is 1.20. The van der Waals surface area contributed by atoms with Crippen LogP contribution in [0.5, 0.6) is 0 Å². The van der Waals surface area contributed by atoms with Gasteiger partial charge >= 0.3 is 0 Å². The first kappa shape index (κ1) is 26.1. The number of nitrogens with zero attached hydrogens (tertiary/aromatic N) is 4. The molecule has 2 aromatic heterocycles. The molecule has 44 heavy (non-hydrogen) atoms. The summed E-state index contributed by atoms with van der Waals surface area (Å²) in [4.78, 5) is 15.3. The topological polar surface area (TPSA) is 43.6 Å². The molecule has 0 amide bonds. The minimum absolute atomic E-state index is 0.299. The van der Waals surface area contributed by atoms with Gasteiger partial charge in [0.2, 0.25) is 5.95 Å². The highest BCUT2D eigenvalue weighted by Crippen LogP contribution is 2.42. The molecule has 0 saturated carbocycles. The molecule has 0 fully saturated rings. The molecule has 0 aliphatic heterocycles. The first-order valence-corrected chi connectivity index (χ1v) is 15.1. The van der Waals surface area contributed by atoms with Crippen LogP contribution >= 0.6 is 0 Å². The van der Waals surface area contributed by atoms with E-state index < -0.39 is 0 Å². The van der Waals surface area contributed by atoms with E-state index in [1.54, 1.807) is 0 Å². The fraction of sp³-hybridized carbons (Fsp3) is 0.0750. The second-order valence-corrected chi connectivity index (χ2v) is 11.3. The third kappa shape index (κ3) is 4.52. The lowest BCUT2D eigenvalue weighted by molar-refractivity contribution is 0.711. The van der Waals surface area contributed by atoms with E-state index in [9.17, 15) is 0 Å². The molecule has 8 rings (SSSR count). The average molecular weight is 567 g/mol. The predicted molar refractivity (Wildman–Crippen MR) is 180 cm³/mol. The Morgan fingerprint density at radius 3 is 1.70 bits per heavy atom. The molecule has 1 unspecified atom stereocenters. The van der Waals surface area contributed by atoms with E-state index in [1.165, 1.54) is 27.8 Å². The number of para-hydroxylation sites is 1. The van der Waals surface area contributed by atoms with Crippen LogP contribution in [0.2, 0.25) is 0 Å². The SMILES string of the molecule is CC1CC=Cc2c1n(-c1nc(-c3ccccc3)nc(-c3ccccc3)n1)c1c(-c3ccc(-c4ccccc4)cc3)cccc21. The molecule has 1 atom stereocenters. The maximum atomic E-state index is 5.17. The number of aromatic nitrogens is 4. The van der Waals surface area contributed by atoms with Crippen LogP contribution in [0.1, 0.15) is 30.5 Å². The molecule has 0 bridgehead atoms. The fourth-order valence-corrected chi connectivity index (χ4v) is 6.35. The molecule has 1 aliphatic carbocycles. The lowest BCUT2D eigenvalue weighted by Crippen LogP contribution is -2.12. The number of fused-ring (bicyclic) bond motifs is 3. The predicted octanol–water partition coefficient (Wildman–Crippen LogP) is 10.0. The van der Waals surface area contributed by atoms with Crippen LogP contribution in [0.3, 0.4) is 0 Å². The van der Waals surface area contributed by atoms with Gasteiger partial charge in [0.1, 0.15) is 0 Å². The van der Waals surface area contributed by atoms with Gasteiger partial charge in [0.15, 0.2) is 11.6 Å². The van der Waals surface area contributed by atoms with Gasteiger partial charge in [-0.2, -0.15) is 9.97 Å². The normalized spacial score (nSPS) is 14.1. The Morgan fingerprint density at radius 1 is 0.545 bits per heavy atom. The Balaban J connectivity index is 1.40. The monoisotopic (exact) mass is 566 g/mol. The molecule has 210 valence electrons. The molecule has 0 N–H and O–H groups in total. The van der Waals surface area contributed by atoms with E-state index in [2.05, 4.69) is 121 Å². The van der Waals surface area contributed by atoms with Crippen LogP contribution in [-0.2, 0) is 0 Å². The number of allylic oxidation sites excluding steroid dienone is 1. The summed E-state index contributed by atoms with van der Waals surface area (Å²) in [5.74, 6) is 2.26. The highest BCUT2D eigenvalue weighted by Gasteiger charge is 2.27. The van der Waals surface area contributed by atoms with Crippen LogP contribution in [0.15, 0.2) is 140 Å². The minimum Gasteiger partial charge on any atom is -0.281 e. The fourth-order valence-electron chi connectivity index (χ4n) is 6.35. The number of hydrogen-bond donors (Lipinski definition) is 0. The Labute approximate surface area is 257 Å². The molecule has 1 aliphatic rings. The molecular weight excluding hydrogens is 536 g/mol. The van der Waals surface area contributed by atoms with Crippen LogP contribution < -0.4 is 0 Å². The standard InChI is InChI=1S/C40H30N4/c1-27-13-11-21-34-35-22-12-20-33(30-25-23-29(24-26-30)28-14-5-2-6-15-28)37(35)44(36(27)34)40-42-38(31-16-7-3-8-17-31)41-39(43-40)32-18-9-4-10-19-32/h2-12,14-27H,13H2,1H3. The van der Waals surface area contributed by atoms with Gasteiger partial charge in [-0.1, -0.05) is 153 Å². The van der Waals surface area contributed by atoms with Crippen molar-refractivity contribution in [3.63, 3.8) is 0 Å². The summed E-state index contributed by atoms with van der Waals surface area (Å²) < 4.78 is 2.31. The highest BCUT2D eigenvalue weighted by atomic mass is 15.2. The van der Waals surface area contributed by atoms with Gasteiger partial charge in [-0.3, -0.25) is 4.57 Å². The number of rotatable bonds is 5. The molecule has 0 spiro atoms. The molecule has 2 heterocycles. The molecule has 5 aromatic carbocycles. The van der Waals surface area contributed by atoms with Crippen LogP contribution in [0.4, 0.5) is 0 Å². The van der Waals surface area contributed by atoms with E-state index in [4.69, 9.17) is 15.0 Å². The summed E-state index contributed by atoms with van der Waals surface area (Å²) in [5.41, 5.74) is 10.2. The van der Waals surface area contributed by atoms with Crippen molar-refractivity contribution in [3.8, 4) is 51.0 Å². The Bertz CT molecular complexity index is 2070. The summed E-state index contributed by atoms with van der Waals surface area (Å²) in [6, 6.07) is 46.4. The number of benzene rings is 5. The molecule has 0 radical (unpaired) electrons. The quantitative estimate of drug-likeness (QED) is 0.208. The molecule has 4 heteroatoms. The first-order chi connectivity index (χ1) is 21.7. The second kappa shape index (κ2) is 10.9. The maximum absolute atomic E-state index is 5.17. The van der Waals surface area contributed by atoms with Crippen molar-refractivity contribution in [1.82, 2.24) is 19.5 Å². The minimum atomic E-state index is 0.299. The summed E-state index contributed by atoms with van der Waals surface area (Å²) in [7, 11) is 0. The maximum Gasteiger partial charge on any atom is 0.238 e. The summed E-state index contributed by atoms with van der Waals surface area (Å²) in [6.45, 7) is 2.30. The lowest BCUT2D eigenvalue weighted by Gasteiger charge is -2.19. The third-order valence-electron chi connectivity index (χ3n) is 8.50. The molecule has 4 nitrogen and oxygen atoms in total. The second-order valence-electron chi connectivity index (χ2n) is 11.3. The molecule has 7 aromatic rings. The molecule has 0 saturated heterocycles. The van der Waals surface area contributed by atoms with E-state index in [0.717, 1.165) is 34.2 Å². The Hall–Kier alpha value is -5.61. The highest BCUT2D eigenvalue weighted by molar-refractivity contribution is 6.02. The van der Waals surface area contributed by atoms with E-state index in [-0.39, 0.29) is 0 Å². The summed E-state index contributed by atoms with van der Waals surface area (Å²) >= 11 is 0. The smallest absolute Gasteiger partial charge is 0.238 e. The van der Waals surface area contributed by atoms with E-state index in [1.807, 2.05) is 36.4 Å². The van der Waals surface area contributed by atoms with Gasteiger partial charge in [-0.15, -0.1) is 0 Å². The van der Waals surface area contributed by atoms with Gasteiger partial charge in [0, 0.05) is 39.3 Å². The first-order valence-electron chi connectivity index (χ1n) is 15.1. The van der Waals surface area contributed by atoms with E-state index in [0.29, 0.717) is 23.5 Å². The van der Waals surface area contributed by atoms with Crippen molar-refractivity contribution in [1.29, 1.82) is 0 Å². The number of hydrogen-bond acceptors (Lipinski definition) is 3. The average Bonchev–Trinajstić information content (AvgIpc) is 3.45. The Morgan fingerprint density at radius 2 is 1.09 bits per heavy atom. The Kier molecular flexibility index (Phi) is 6.45. The molecular formula is C40H30N4. The van der Waals surface area contributed by atoms with Crippen LogP contribution in [0.25, 0.3) is 68.0 Å². The largest absolute Gasteiger partial charge is 0.281 e. The third-order valence-corrected chi connectivity index (χ3v) is 8.50. The summed E-state index contributed by atoms with van der Waals surface area (Å²) in [6.07, 6.45) is 5.52. The van der Waals surface area contributed by atoms with Gasteiger partial charge in [0.25, 0.3) is 0 Å². The zero-order chi connectivity index (χ0) is 29.5. The van der Waals surface area contributed by atoms with Crippen molar-refractivity contribution in [2.24, 2.45) is 0 Å². The van der Waals surface area contributed by atoms with Gasteiger partial charge in [-0.05, 0) is 23.1 Å². The van der Waals surface area contributed by atoms with Gasteiger partial charge < -0.3 is 0 Å². The van der Waals surface area contributed by atoms with E-state index >= 15 is 0 Å². The van der Waals surface area contributed by atoms with Gasteiger partial charge in [0.05, 0.1) is 5.52 Å². The van der Waals surface area contributed by atoms with Crippen molar-refractivity contribution < 1.29 is 0 Å². The van der Waals surface area contributed by atoms with Crippen molar-refractivity contribution >= 4 is 17.0 Å².